The van der Waals surface area contributed by atoms with Gasteiger partial charge in [0.05, 0.1) is 0 Å². The van der Waals surface area contributed by atoms with E-state index in [-0.39, 0.29) is 0 Å². The van der Waals surface area contributed by atoms with Crippen LogP contribution in [0.15, 0.2) is 24.5 Å². The van der Waals surface area contributed by atoms with E-state index in [1.54, 1.807) is 12.4 Å². The molecule has 1 aliphatic heterocycles. The van der Waals surface area contributed by atoms with E-state index in [9.17, 15) is 9.90 Å². The summed E-state index contributed by atoms with van der Waals surface area (Å²) in [6, 6.07) is 3.72. The number of carboxylic acid groups (broad SMARTS) is 1. The number of amides is 1. The van der Waals surface area contributed by atoms with E-state index < -0.39 is 6.09 Å². The fourth-order valence-electron chi connectivity index (χ4n) is 2.10. The van der Waals surface area contributed by atoms with Crippen molar-refractivity contribution in [1.82, 2.24) is 4.90 Å². The van der Waals surface area contributed by atoms with Gasteiger partial charge in [0.25, 0.3) is 0 Å². The quantitative estimate of drug-likeness (QED) is 0.525. The predicted octanol–water partition coefficient (Wildman–Crippen LogP) is -0.266. The number of aromatic nitrogens is 1. The molecule has 1 fully saturated rings. The average molecular weight is 222 g/mol. The van der Waals surface area contributed by atoms with Crippen LogP contribution in [0.1, 0.15) is 24.3 Å². The summed E-state index contributed by atoms with van der Waals surface area (Å²) in [4.78, 5) is 12.0. The van der Waals surface area contributed by atoms with Crippen LogP contribution >= 0.6 is 0 Å². The van der Waals surface area contributed by atoms with Gasteiger partial charge in [0.1, 0.15) is 6.09 Å². The van der Waals surface area contributed by atoms with Crippen LogP contribution in [0.3, 0.4) is 0 Å². The Bertz CT molecular complexity index is 369. The summed E-state index contributed by atoms with van der Waals surface area (Å²) >= 11 is 0. The van der Waals surface area contributed by atoms with E-state index in [4.69, 9.17) is 5.21 Å². The van der Waals surface area contributed by atoms with Gasteiger partial charge in [0.2, 0.25) is 12.4 Å². The molecule has 16 heavy (non-hydrogen) atoms. The molecule has 0 spiro atoms. The lowest BCUT2D eigenvalue weighted by Crippen LogP contribution is -2.45. The molecular formula is C11H14N2O3. The lowest BCUT2D eigenvalue weighted by Gasteiger charge is -2.33. The van der Waals surface area contributed by atoms with E-state index in [1.165, 1.54) is 4.90 Å². The predicted molar refractivity (Wildman–Crippen MR) is 52.8 cm³/mol. The van der Waals surface area contributed by atoms with Crippen molar-refractivity contribution in [3.8, 4) is 0 Å². The third kappa shape index (κ3) is 2.24. The molecule has 86 valence electrons. The summed E-state index contributed by atoms with van der Waals surface area (Å²) in [7, 11) is 0. The van der Waals surface area contributed by atoms with Crippen molar-refractivity contribution in [1.29, 1.82) is 0 Å². The van der Waals surface area contributed by atoms with Crippen LogP contribution < -0.4 is 9.84 Å². The lowest BCUT2D eigenvalue weighted by molar-refractivity contribution is -0.904. The second kappa shape index (κ2) is 4.38. The Labute approximate surface area is 93.5 Å². The van der Waals surface area contributed by atoms with Gasteiger partial charge < -0.3 is 14.8 Å². The Morgan fingerprint density at radius 3 is 2.44 bits per heavy atom. The van der Waals surface area contributed by atoms with Crippen molar-refractivity contribution in [3.63, 3.8) is 0 Å². The van der Waals surface area contributed by atoms with Crippen molar-refractivity contribution in [3.05, 3.63) is 30.1 Å². The zero-order chi connectivity index (χ0) is 11.5. The maximum absolute atomic E-state index is 10.6. The Kier molecular flexibility index (Phi) is 2.94. The highest BCUT2D eigenvalue weighted by molar-refractivity contribution is 5.62. The topological polar surface area (TPSA) is 67.5 Å². The molecule has 0 saturated carbocycles. The first-order valence-corrected chi connectivity index (χ1v) is 5.33. The molecule has 2 heterocycles. The Hall–Kier alpha value is -1.78. The van der Waals surface area contributed by atoms with Gasteiger partial charge in [-0.3, -0.25) is 5.21 Å². The standard InChI is InChI=1S/C11H14N2O3/c14-11(15)12-5-1-9(2-6-12)10-3-7-13(16)8-4-10/h3-4,7-9H,1-2,5-6H2,(H-,14,15,16). The molecule has 0 unspecified atom stereocenters. The van der Waals surface area contributed by atoms with E-state index in [0.29, 0.717) is 19.0 Å². The van der Waals surface area contributed by atoms with Crippen LogP contribution in [-0.4, -0.2) is 29.3 Å². The lowest BCUT2D eigenvalue weighted by atomic mass is 9.90. The third-order valence-corrected chi connectivity index (χ3v) is 3.06. The molecule has 5 heteroatoms. The number of piperidine rings is 1. The van der Waals surface area contributed by atoms with Gasteiger partial charge in [-0.15, -0.1) is 0 Å². The molecular weight excluding hydrogens is 208 g/mol. The van der Waals surface area contributed by atoms with Crippen molar-refractivity contribution >= 4 is 6.09 Å². The van der Waals surface area contributed by atoms with Crippen LogP contribution in [0.4, 0.5) is 4.79 Å². The minimum Gasteiger partial charge on any atom is -0.530 e. The van der Waals surface area contributed by atoms with E-state index in [0.717, 1.165) is 23.1 Å². The van der Waals surface area contributed by atoms with Gasteiger partial charge >= 0.3 is 0 Å². The van der Waals surface area contributed by atoms with Gasteiger partial charge in [0.15, 0.2) is 0 Å². The molecule has 2 rings (SSSR count). The van der Waals surface area contributed by atoms with Gasteiger partial charge in [-0.25, -0.2) is 0 Å². The van der Waals surface area contributed by atoms with Crippen molar-refractivity contribution in [2.24, 2.45) is 0 Å². The summed E-state index contributed by atoms with van der Waals surface area (Å²) in [5, 5.41) is 19.7. The highest BCUT2D eigenvalue weighted by Gasteiger charge is 2.20. The first-order valence-electron chi connectivity index (χ1n) is 5.33. The van der Waals surface area contributed by atoms with Crippen LogP contribution in [0.5, 0.6) is 0 Å². The Balaban J connectivity index is 1.99. The summed E-state index contributed by atoms with van der Waals surface area (Å²) in [6.45, 7) is 1.06. The highest BCUT2D eigenvalue weighted by Crippen LogP contribution is 2.26. The first-order chi connectivity index (χ1) is 7.66. The summed E-state index contributed by atoms with van der Waals surface area (Å²) in [6.07, 6.45) is 3.70. The molecule has 1 amide bonds. The van der Waals surface area contributed by atoms with Gasteiger partial charge in [-0.05, 0) is 24.3 Å². The van der Waals surface area contributed by atoms with Gasteiger partial charge in [0, 0.05) is 30.0 Å². The van der Waals surface area contributed by atoms with Crippen molar-refractivity contribution < 1.29 is 19.8 Å². The molecule has 1 aromatic rings. The third-order valence-electron chi connectivity index (χ3n) is 3.06. The normalized spacial score (nSPS) is 17.4. The minimum absolute atomic E-state index is 0.372. The molecule has 1 N–H and O–H groups in total. The number of likely N-dealkylation sites (tertiary alicyclic amines) is 1. The molecule has 1 aliphatic rings. The smallest absolute Gasteiger partial charge is 0.222 e. The monoisotopic (exact) mass is 222 g/mol. The number of carbonyl (C=O) groups excluding carboxylic acids is 1. The maximum Gasteiger partial charge on any atom is 0.222 e. The van der Waals surface area contributed by atoms with Crippen LogP contribution in [-0.2, 0) is 0 Å². The second-order valence-corrected chi connectivity index (χ2v) is 4.04. The maximum atomic E-state index is 10.6. The minimum atomic E-state index is -1.08. The van der Waals surface area contributed by atoms with Crippen molar-refractivity contribution in [2.45, 2.75) is 18.8 Å². The second-order valence-electron chi connectivity index (χ2n) is 4.04. The number of pyridine rings is 1. The average Bonchev–Trinajstić information content (AvgIpc) is 2.30. The number of nitrogens with zero attached hydrogens (tertiary/aromatic N) is 2. The van der Waals surface area contributed by atoms with Gasteiger partial charge in [-0.1, -0.05) is 0 Å². The number of hydrogen-bond acceptors (Lipinski definition) is 3. The number of hydrogen-bond donors (Lipinski definition) is 1. The summed E-state index contributed by atoms with van der Waals surface area (Å²) in [5.74, 6) is 0.372. The fraction of sp³-hybridized carbons (Fsp3) is 0.455. The molecule has 1 saturated heterocycles. The Morgan fingerprint density at radius 1 is 1.38 bits per heavy atom. The van der Waals surface area contributed by atoms with Crippen LogP contribution in [0, 0.1) is 0 Å². The van der Waals surface area contributed by atoms with E-state index >= 15 is 0 Å². The molecule has 0 bridgehead atoms. The van der Waals surface area contributed by atoms with Crippen molar-refractivity contribution in [2.75, 3.05) is 13.1 Å². The highest BCUT2D eigenvalue weighted by atomic mass is 16.5. The molecule has 0 atom stereocenters. The van der Waals surface area contributed by atoms with Crippen LogP contribution in [0.2, 0.25) is 0 Å². The Morgan fingerprint density at radius 2 is 1.94 bits per heavy atom. The van der Waals surface area contributed by atoms with E-state index in [2.05, 4.69) is 0 Å². The largest absolute Gasteiger partial charge is 0.530 e. The first kappa shape index (κ1) is 10.7. The molecule has 5 nitrogen and oxygen atoms in total. The summed E-state index contributed by atoms with van der Waals surface area (Å²) in [5.41, 5.74) is 1.14. The fourth-order valence-corrected chi connectivity index (χ4v) is 2.10. The number of rotatable bonds is 1. The SMILES string of the molecule is O=C([O-])N1CCC(c2cc[n+](O)cc2)CC1. The zero-order valence-corrected chi connectivity index (χ0v) is 8.87. The number of carbonyl (C=O) groups is 1. The van der Waals surface area contributed by atoms with Gasteiger partial charge in [-0.2, -0.15) is 0 Å². The molecule has 0 aliphatic carbocycles. The molecule has 0 radical (unpaired) electrons. The molecule has 1 aromatic heterocycles. The van der Waals surface area contributed by atoms with E-state index in [1.807, 2.05) is 12.1 Å². The van der Waals surface area contributed by atoms with Crippen LogP contribution in [0.25, 0.3) is 0 Å². The molecule has 0 aromatic carbocycles. The zero-order valence-electron chi connectivity index (χ0n) is 8.87. The summed E-state index contributed by atoms with van der Waals surface area (Å²) < 4.78 is 1.000.